The van der Waals surface area contributed by atoms with Crippen LogP contribution in [0, 0.1) is 0 Å². The van der Waals surface area contributed by atoms with Gasteiger partial charge in [-0.25, -0.2) is 24.7 Å². The number of aromatic nitrogens is 4. The molecule has 26 heavy (non-hydrogen) atoms. The summed E-state index contributed by atoms with van der Waals surface area (Å²) in [6.45, 7) is 1.62. The van der Waals surface area contributed by atoms with E-state index >= 15 is 0 Å². The van der Waals surface area contributed by atoms with E-state index in [0.717, 1.165) is 6.20 Å². The van der Waals surface area contributed by atoms with Crippen LogP contribution in [0.15, 0.2) is 12.4 Å². The molecule has 9 nitrogen and oxygen atoms in total. The number of morpholine rings is 1. The van der Waals surface area contributed by atoms with Gasteiger partial charge in [0.2, 0.25) is 5.95 Å². The van der Waals surface area contributed by atoms with Gasteiger partial charge in [-0.3, -0.25) is 0 Å². The zero-order chi connectivity index (χ0) is 18.9. The minimum absolute atomic E-state index is 0.0619. The molecule has 12 heteroatoms. The molecule has 0 saturated carbocycles. The largest absolute Gasteiger partial charge is 0.476 e. The van der Waals surface area contributed by atoms with E-state index in [1.165, 1.54) is 0 Å². The summed E-state index contributed by atoms with van der Waals surface area (Å²) >= 11 is 0. The molecule has 3 rings (SSSR count). The summed E-state index contributed by atoms with van der Waals surface area (Å²) in [5.74, 6) is -1.85. The van der Waals surface area contributed by atoms with Crippen molar-refractivity contribution in [1.82, 2.24) is 19.9 Å². The Kier molecular flexibility index (Phi) is 4.59. The van der Waals surface area contributed by atoms with Crippen molar-refractivity contribution in [3.8, 4) is 11.4 Å². The second-order valence-corrected chi connectivity index (χ2v) is 5.32. The summed E-state index contributed by atoms with van der Waals surface area (Å²) in [5.41, 5.74) is 2.68. The number of ether oxygens (including phenoxy) is 1. The molecule has 0 atom stereocenters. The smallest absolute Gasteiger partial charge is 0.420 e. The fraction of sp³-hybridized carbons (Fsp3) is 0.357. The second-order valence-electron chi connectivity index (χ2n) is 5.32. The fourth-order valence-electron chi connectivity index (χ4n) is 2.36. The summed E-state index contributed by atoms with van der Waals surface area (Å²) < 4.78 is 45.2. The van der Waals surface area contributed by atoms with Crippen molar-refractivity contribution in [2.45, 2.75) is 6.18 Å². The van der Waals surface area contributed by atoms with Crippen LogP contribution in [-0.2, 0) is 10.9 Å². The van der Waals surface area contributed by atoms with E-state index in [1.54, 1.807) is 4.90 Å². The van der Waals surface area contributed by atoms with Gasteiger partial charge in [0.1, 0.15) is 17.0 Å². The Morgan fingerprint density at radius 2 is 1.88 bits per heavy atom. The van der Waals surface area contributed by atoms with E-state index < -0.39 is 34.9 Å². The Labute approximate surface area is 144 Å². The number of halogens is 3. The first-order valence-electron chi connectivity index (χ1n) is 7.40. The molecular formula is C14H13F3N6O3. The van der Waals surface area contributed by atoms with Crippen LogP contribution in [0.25, 0.3) is 11.4 Å². The van der Waals surface area contributed by atoms with Crippen molar-refractivity contribution < 1.29 is 27.8 Å². The molecule has 0 unspecified atom stereocenters. The van der Waals surface area contributed by atoms with Gasteiger partial charge in [-0.2, -0.15) is 13.2 Å². The third-order valence-corrected chi connectivity index (χ3v) is 3.62. The molecule has 0 amide bonds. The van der Waals surface area contributed by atoms with Gasteiger partial charge >= 0.3 is 12.1 Å². The number of nitrogen functional groups attached to an aromatic ring is 1. The van der Waals surface area contributed by atoms with E-state index in [-0.39, 0.29) is 11.6 Å². The summed E-state index contributed by atoms with van der Waals surface area (Å²) in [5, 5.41) is 9.07. The van der Waals surface area contributed by atoms with Crippen molar-refractivity contribution >= 4 is 17.7 Å². The van der Waals surface area contributed by atoms with E-state index in [1.807, 2.05) is 0 Å². The monoisotopic (exact) mass is 370 g/mol. The van der Waals surface area contributed by atoms with Gasteiger partial charge in [0, 0.05) is 19.3 Å². The Hall–Kier alpha value is -3.02. The normalized spacial score (nSPS) is 15.1. The van der Waals surface area contributed by atoms with E-state index in [0.29, 0.717) is 32.5 Å². The van der Waals surface area contributed by atoms with Crippen molar-refractivity contribution in [3.05, 3.63) is 23.7 Å². The van der Waals surface area contributed by atoms with Gasteiger partial charge < -0.3 is 20.5 Å². The number of rotatable bonds is 3. The van der Waals surface area contributed by atoms with Crippen molar-refractivity contribution in [1.29, 1.82) is 0 Å². The molecule has 0 radical (unpaired) electrons. The summed E-state index contributed by atoms with van der Waals surface area (Å²) in [6.07, 6.45) is -3.17. The molecule has 1 fully saturated rings. The molecule has 0 spiro atoms. The van der Waals surface area contributed by atoms with Crippen LogP contribution < -0.4 is 10.6 Å². The van der Waals surface area contributed by atoms with Gasteiger partial charge in [0.15, 0.2) is 11.5 Å². The molecule has 0 aromatic carbocycles. The zero-order valence-corrected chi connectivity index (χ0v) is 13.2. The summed E-state index contributed by atoms with van der Waals surface area (Å²) in [4.78, 5) is 27.8. The highest BCUT2D eigenvalue weighted by Gasteiger charge is 2.36. The van der Waals surface area contributed by atoms with Crippen molar-refractivity contribution in [2.75, 3.05) is 36.9 Å². The lowest BCUT2D eigenvalue weighted by Gasteiger charge is -2.27. The Bertz CT molecular complexity index is 839. The number of hydrogen-bond donors (Lipinski definition) is 2. The SMILES string of the molecule is Nc1ncc(-c2nc(N3CCOCC3)ncc2C(F)(F)F)nc1C(=O)O. The molecule has 0 aliphatic carbocycles. The molecule has 2 aromatic heterocycles. The number of nitrogens with two attached hydrogens (primary N) is 1. The third-order valence-electron chi connectivity index (χ3n) is 3.62. The molecule has 1 saturated heterocycles. The van der Waals surface area contributed by atoms with E-state index in [4.69, 9.17) is 15.6 Å². The number of carboxylic acids is 1. The van der Waals surface area contributed by atoms with Gasteiger partial charge in [-0.05, 0) is 0 Å². The minimum atomic E-state index is -4.76. The van der Waals surface area contributed by atoms with Crippen LogP contribution in [0.5, 0.6) is 0 Å². The molecular weight excluding hydrogens is 357 g/mol. The van der Waals surface area contributed by atoms with Crippen LogP contribution in [0.3, 0.4) is 0 Å². The quantitative estimate of drug-likeness (QED) is 0.815. The zero-order valence-electron chi connectivity index (χ0n) is 13.2. The summed E-state index contributed by atoms with van der Waals surface area (Å²) in [7, 11) is 0. The molecule has 0 bridgehead atoms. The van der Waals surface area contributed by atoms with Gasteiger partial charge in [0.05, 0.1) is 19.4 Å². The van der Waals surface area contributed by atoms with Crippen molar-refractivity contribution in [2.24, 2.45) is 0 Å². The highest BCUT2D eigenvalue weighted by atomic mass is 19.4. The molecule has 1 aliphatic rings. The first-order chi connectivity index (χ1) is 12.3. The van der Waals surface area contributed by atoms with E-state index in [9.17, 15) is 18.0 Å². The lowest BCUT2D eigenvalue weighted by atomic mass is 10.1. The molecule has 3 heterocycles. The first kappa shape index (κ1) is 17.8. The molecule has 3 N–H and O–H groups in total. The maximum absolute atomic E-state index is 13.3. The lowest BCUT2D eigenvalue weighted by molar-refractivity contribution is -0.137. The number of nitrogens with zero attached hydrogens (tertiary/aromatic N) is 5. The van der Waals surface area contributed by atoms with Crippen LogP contribution >= 0.6 is 0 Å². The molecule has 1 aliphatic heterocycles. The number of hydrogen-bond acceptors (Lipinski definition) is 8. The third kappa shape index (κ3) is 3.49. The van der Waals surface area contributed by atoms with Crippen LogP contribution in [-0.4, -0.2) is 57.3 Å². The number of carbonyl (C=O) groups is 1. The Morgan fingerprint density at radius 3 is 2.50 bits per heavy atom. The summed E-state index contributed by atoms with van der Waals surface area (Å²) in [6, 6.07) is 0. The average molecular weight is 370 g/mol. The van der Waals surface area contributed by atoms with Crippen molar-refractivity contribution in [3.63, 3.8) is 0 Å². The van der Waals surface area contributed by atoms with Gasteiger partial charge in [0.25, 0.3) is 0 Å². The molecule has 2 aromatic rings. The second kappa shape index (κ2) is 6.71. The standard InChI is InChI=1S/C14H13F3N6O3/c15-14(16,17)7-5-20-13(23-1-3-26-4-2-23)22-9(7)8-6-19-11(18)10(21-8)12(24)25/h5-6H,1-4H2,(H2,18,19)(H,24,25). The first-order valence-corrected chi connectivity index (χ1v) is 7.40. The van der Waals surface area contributed by atoms with E-state index in [2.05, 4.69) is 19.9 Å². The molecule has 138 valence electrons. The number of alkyl halides is 3. The van der Waals surface area contributed by atoms with Gasteiger partial charge in [-0.1, -0.05) is 0 Å². The van der Waals surface area contributed by atoms with Crippen LogP contribution in [0.2, 0.25) is 0 Å². The van der Waals surface area contributed by atoms with Gasteiger partial charge in [-0.15, -0.1) is 0 Å². The van der Waals surface area contributed by atoms with Crippen LogP contribution in [0.1, 0.15) is 16.1 Å². The number of carboxylic acid groups (broad SMARTS) is 1. The minimum Gasteiger partial charge on any atom is -0.476 e. The highest BCUT2D eigenvalue weighted by molar-refractivity contribution is 5.90. The predicted molar refractivity (Wildman–Crippen MR) is 82.5 cm³/mol. The average Bonchev–Trinajstić information content (AvgIpc) is 2.61. The Morgan fingerprint density at radius 1 is 1.19 bits per heavy atom. The number of anilines is 2. The Balaban J connectivity index is 2.13. The maximum Gasteiger partial charge on any atom is 0.420 e. The maximum atomic E-state index is 13.3. The highest BCUT2D eigenvalue weighted by Crippen LogP contribution is 2.36. The van der Waals surface area contributed by atoms with Crippen LogP contribution in [0.4, 0.5) is 24.9 Å². The topological polar surface area (TPSA) is 127 Å². The fourth-order valence-corrected chi connectivity index (χ4v) is 2.36. The lowest BCUT2D eigenvalue weighted by Crippen LogP contribution is -2.37. The predicted octanol–water partition coefficient (Wildman–Crippen LogP) is 1.07. The number of aromatic carboxylic acids is 1.